The van der Waals surface area contributed by atoms with Crippen LogP contribution in [0.5, 0.6) is 5.75 Å². The highest BCUT2D eigenvalue weighted by atomic mass is 35.5. The predicted octanol–water partition coefficient (Wildman–Crippen LogP) is 5.08. The summed E-state index contributed by atoms with van der Waals surface area (Å²) in [5, 5.41) is 30.9. The molecule has 1 aliphatic carbocycles. The number of ketones is 1. The summed E-state index contributed by atoms with van der Waals surface area (Å²) >= 11 is 5.82. The van der Waals surface area contributed by atoms with Crippen LogP contribution < -0.4 is 0 Å². The van der Waals surface area contributed by atoms with Gasteiger partial charge in [-0.3, -0.25) is 4.79 Å². The van der Waals surface area contributed by atoms with Crippen molar-refractivity contribution in [3.05, 3.63) is 63.4 Å². The molecule has 2 atom stereocenters. The molecule has 30 heavy (non-hydrogen) atoms. The second-order valence-electron chi connectivity index (χ2n) is 8.57. The van der Waals surface area contributed by atoms with Crippen LogP contribution >= 0.6 is 11.6 Å². The maximum absolute atomic E-state index is 12.7. The highest BCUT2D eigenvalue weighted by molar-refractivity contribution is 6.31. The van der Waals surface area contributed by atoms with Crippen LogP contribution in [0.15, 0.2) is 52.8 Å². The third-order valence-corrected chi connectivity index (χ3v) is 5.74. The van der Waals surface area contributed by atoms with Gasteiger partial charge in [0.2, 0.25) is 0 Å². The van der Waals surface area contributed by atoms with E-state index >= 15 is 0 Å². The third-order valence-electron chi connectivity index (χ3n) is 5.50. The van der Waals surface area contributed by atoms with E-state index in [0.29, 0.717) is 16.2 Å². The van der Waals surface area contributed by atoms with E-state index in [9.17, 15) is 24.9 Å². The van der Waals surface area contributed by atoms with Gasteiger partial charge in [-0.05, 0) is 49.1 Å². The number of aliphatic hydroxyl groups excluding tert-OH is 1. The number of carboxylic acid groups (broad SMARTS) is 1. The fourth-order valence-electron chi connectivity index (χ4n) is 3.96. The molecule has 0 aliphatic heterocycles. The summed E-state index contributed by atoms with van der Waals surface area (Å²) in [5.41, 5.74) is -0.604. The summed E-state index contributed by atoms with van der Waals surface area (Å²) in [6.07, 6.45) is 1.82. The molecule has 7 heteroatoms. The third kappa shape index (κ3) is 4.16. The normalized spacial score (nSPS) is 22.7. The second-order valence-corrected chi connectivity index (χ2v) is 9.01. The molecule has 2 rings (SSSR count). The molecule has 0 saturated heterocycles. The number of halogens is 1. The number of carbonyl (C=O) groups excluding carboxylic acids is 1. The fourth-order valence-corrected chi connectivity index (χ4v) is 4.13. The lowest BCUT2D eigenvalue weighted by Gasteiger charge is -2.43. The zero-order valence-electron chi connectivity index (χ0n) is 17.9. The van der Waals surface area contributed by atoms with E-state index in [0.717, 1.165) is 0 Å². The van der Waals surface area contributed by atoms with Crippen LogP contribution in [0.1, 0.15) is 45.0 Å². The van der Waals surface area contributed by atoms with Crippen molar-refractivity contribution in [2.45, 2.75) is 40.7 Å². The van der Waals surface area contributed by atoms with E-state index in [1.807, 2.05) is 20.8 Å². The maximum Gasteiger partial charge on any atom is 0.338 e. The first-order valence-electron chi connectivity index (χ1n) is 9.39. The molecule has 0 spiro atoms. The fraction of sp³-hybridized carbons (Fsp3) is 0.391. The highest BCUT2D eigenvalue weighted by Gasteiger charge is 2.48. The van der Waals surface area contributed by atoms with E-state index in [-0.39, 0.29) is 22.6 Å². The largest absolute Gasteiger partial charge is 0.507 e. The minimum absolute atomic E-state index is 0.0681. The molecule has 3 N–H and O–H groups in total. The topological polar surface area (TPSA) is 104 Å². The monoisotopic (exact) mass is 434 g/mol. The van der Waals surface area contributed by atoms with Gasteiger partial charge in [0.25, 0.3) is 0 Å². The molecular weight excluding hydrogens is 408 g/mol. The van der Waals surface area contributed by atoms with E-state index in [1.54, 1.807) is 19.9 Å². The number of ether oxygens (including phenoxy) is 1. The molecule has 0 saturated carbocycles. The van der Waals surface area contributed by atoms with Crippen LogP contribution in [0.2, 0.25) is 5.02 Å². The number of carboxylic acids is 1. The Morgan fingerprint density at radius 3 is 2.30 bits per heavy atom. The number of benzene rings is 1. The summed E-state index contributed by atoms with van der Waals surface area (Å²) in [6.45, 7) is 9.15. The first kappa shape index (κ1) is 23.7. The molecular formula is C23H27ClO6. The number of allylic oxidation sites excluding steroid dienone is 2. The quantitative estimate of drug-likeness (QED) is 0.441. The van der Waals surface area contributed by atoms with Gasteiger partial charge in [-0.1, -0.05) is 44.0 Å². The summed E-state index contributed by atoms with van der Waals surface area (Å²) < 4.78 is 5.50. The first-order valence-corrected chi connectivity index (χ1v) is 9.77. The Morgan fingerprint density at radius 1 is 1.23 bits per heavy atom. The Labute approximate surface area is 181 Å². The first-order chi connectivity index (χ1) is 13.8. The lowest BCUT2D eigenvalue weighted by atomic mass is 9.64. The van der Waals surface area contributed by atoms with Crippen molar-refractivity contribution in [3.63, 3.8) is 0 Å². The zero-order valence-corrected chi connectivity index (χ0v) is 18.7. The lowest BCUT2D eigenvalue weighted by Crippen LogP contribution is -2.43. The number of carbonyl (C=O) groups is 2. The van der Waals surface area contributed by atoms with Crippen molar-refractivity contribution < 1.29 is 29.6 Å². The number of aliphatic carboxylic acids is 1. The van der Waals surface area contributed by atoms with Gasteiger partial charge < -0.3 is 20.1 Å². The van der Waals surface area contributed by atoms with Crippen LogP contribution in [-0.4, -0.2) is 40.3 Å². The minimum atomic E-state index is -1.30. The van der Waals surface area contributed by atoms with Gasteiger partial charge >= 0.3 is 5.97 Å². The number of hydrogen-bond acceptors (Lipinski definition) is 5. The predicted molar refractivity (Wildman–Crippen MR) is 115 cm³/mol. The molecule has 0 aromatic heterocycles. The summed E-state index contributed by atoms with van der Waals surface area (Å²) in [5.74, 6) is -2.33. The van der Waals surface area contributed by atoms with Gasteiger partial charge in [0.1, 0.15) is 23.2 Å². The summed E-state index contributed by atoms with van der Waals surface area (Å²) in [6, 6.07) is 4.18. The number of aliphatic hydroxyl groups is 1. The van der Waals surface area contributed by atoms with Crippen LogP contribution in [0.4, 0.5) is 0 Å². The van der Waals surface area contributed by atoms with Gasteiger partial charge in [0.05, 0.1) is 5.56 Å². The molecule has 0 fully saturated rings. The average Bonchev–Trinajstić information content (AvgIpc) is 2.61. The molecule has 1 aromatic rings. The number of hydrogen-bond donors (Lipinski definition) is 3. The molecule has 0 bridgehead atoms. The Bertz CT molecular complexity index is 980. The van der Waals surface area contributed by atoms with Crippen molar-refractivity contribution in [1.29, 1.82) is 0 Å². The van der Waals surface area contributed by atoms with Crippen LogP contribution in [-0.2, 0) is 9.53 Å². The minimum Gasteiger partial charge on any atom is -0.507 e. The van der Waals surface area contributed by atoms with E-state index in [4.69, 9.17) is 16.3 Å². The van der Waals surface area contributed by atoms with Gasteiger partial charge in [-0.25, -0.2) is 4.79 Å². The summed E-state index contributed by atoms with van der Waals surface area (Å²) in [4.78, 5) is 24.7. The molecule has 0 radical (unpaired) electrons. The van der Waals surface area contributed by atoms with Crippen molar-refractivity contribution in [1.82, 2.24) is 0 Å². The SMILES string of the molecule is COC1C(C(=O)O)=C(O)C(C(C)(C)C)=C(C)C1(C)C=CC(=O)c1ccc(Cl)cc1O. The zero-order chi connectivity index (χ0) is 23.0. The van der Waals surface area contributed by atoms with Crippen molar-refractivity contribution in [3.8, 4) is 5.75 Å². The Kier molecular flexibility index (Phi) is 6.54. The molecule has 0 heterocycles. The second kappa shape index (κ2) is 8.28. The van der Waals surface area contributed by atoms with Crippen molar-refractivity contribution in [2.24, 2.45) is 10.8 Å². The Hall–Kier alpha value is -2.57. The highest BCUT2D eigenvalue weighted by Crippen LogP contribution is 2.50. The van der Waals surface area contributed by atoms with E-state index in [2.05, 4.69) is 0 Å². The average molecular weight is 435 g/mol. The number of methoxy groups -OCH3 is 1. The Balaban J connectivity index is 2.65. The van der Waals surface area contributed by atoms with Gasteiger partial charge in [0, 0.05) is 17.5 Å². The number of rotatable bonds is 5. The van der Waals surface area contributed by atoms with Crippen LogP contribution in [0, 0.1) is 10.8 Å². The molecule has 162 valence electrons. The number of aromatic hydroxyl groups is 1. The molecule has 1 aromatic carbocycles. The van der Waals surface area contributed by atoms with Gasteiger partial charge in [-0.2, -0.15) is 0 Å². The van der Waals surface area contributed by atoms with Crippen LogP contribution in [0.25, 0.3) is 0 Å². The Morgan fingerprint density at radius 2 is 1.83 bits per heavy atom. The van der Waals surface area contributed by atoms with Crippen molar-refractivity contribution >= 4 is 23.4 Å². The van der Waals surface area contributed by atoms with E-state index in [1.165, 1.54) is 31.4 Å². The molecule has 2 unspecified atom stereocenters. The van der Waals surface area contributed by atoms with Crippen molar-refractivity contribution in [2.75, 3.05) is 7.11 Å². The smallest absolute Gasteiger partial charge is 0.338 e. The van der Waals surface area contributed by atoms with Gasteiger partial charge in [-0.15, -0.1) is 0 Å². The standard InChI is InChI=1S/C23H27ClO6/c1-12-18(22(2,3)4)19(27)17(21(28)29)20(30-6)23(12,5)10-9-15(25)14-8-7-13(24)11-16(14)26/h7-11,20,26-27H,1-6H3,(H,28,29). The maximum atomic E-state index is 12.7. The number of phenolic OH excluding ortho intramolecular Hbond substituents is 1. The van der Waals surface area contributed by atoms with Gasteiger partial charge in [0.15, 0.2) is 5.78 Å². The number of phenols is 1. The molecule has 1 aliphatic rings. The molecule has 0 amide bonds. The summed E-state index contributed by atoms with van der Waals surface area (Å²) in [7, 11) is 1.36. The molecule has 6 nitrogen and oxygen atoms in total. The lowest BCUT2D eigenvalue weighted by molar-refractivity contribution is -0.135. The van der Waals surface area contributed by atoms with Crippen LogP contribution in [0.3, 0.4) is 0 Å². The van der Waals surface area contributed by atoms with E-state index < -0.39 is 28.7 Å².